The summed E-state index contributed by atoms with van der Waals surface area (Å²) in [6.07, 6.45) is 1.40. The molecule has 2 aliphatic rings. The second-order valence-electron chi connectivity index (χ2n) is 6.86. The van der Waals surface area contributed by atoms with Gasteiger partial charge in [0.05, 0.1) is 31.3 Å². The molecule has 10 nitrogen and oxygen atoms in total. The predicted octanol–water partition coefficient (Wildman–Crippen LogP) is 0.586. The van der Waals surface area contributed by atoms with E-state index in [0.717, 1.165) is 18.9 Å². The molecule has 2 saturated heterocycles. The number of nitrogens with one attached hydrogen (secondary N) is 1. The first-order valence-corrected chi connectivity index (χ1v) is 11.1. The Morgan fingerprint density at radius 3 is 2.23 bits per heavy atom. The zero-order valence-corrected chi connectivity index (χ0v) is 17.2. The van der Waals surface area contributed by atoms with Gasteiger partial charge in [0.15, 0.2) is 0 Å². The number of ether oxygens (including phenoxy) is 2. The molecule has 2 fully saturated rings. The number of sulfonamides is 1. The molecule has 1 aromatic carbocycles. The Kier molecular flexibility index (Phi) is 6.23. The molecule has 3 heterocycles. The Hall–Kier alpha value is -2.60. The molecule has 2 aromatic rings. The Labute approximate surface area is 174 Å². The van der Waals surface area contributed by atoms with Crippen LogP contribution in [0.2, 0.25) is 0 Å². The van der Waals surface area contributed by atoms with E-state index < -0.39 is 10.0 Å². The first-order chi connectivity index (χ1) is 14.5. The minimum atomic E-state index is -3.60. The van der Waals surface area contributed by atoms with Gasteiger partial charge in [-0.15, -0.1) is 0 Å². The van der Waals surface area contributed by atoms with Gasteiger partial charge < -0.3 is 19.7 Å². The zero-order valence-electron chi connectivity index (χ0n) is 16.4. The minimum absolute atomic E-state index is 0.151. The summed E-state index contributed by atoms with van der Waals surface area (Å²) in [5.41, 5.74) is 0.336. The molecule has 0 aliphatic carbocycles. The van der Waals surface area contributed by atoms with Crippen molar-refractivity contribution in [3.05, 3.63) is 42.2 Å². The summed E-state index contributed by atoms with van der Waals surface area (Å²) in [5, 5.41) is 2.73. The summed E-state index contributed by atoms with van der Waals surface area (Å²) in [4.78, 5) is 23.2. The van der Waals surface area contributed by atoms with Crippen molar-refractivity contribution in [1.82, 2.24) is 14.3 Å². The molecule has 30 heavy (non-hydrogen) atoms. The molecule has 1 aromatic heterocycles. The molecular weight excluding hydrogens is 410 g/mol. The summed E-state index contributed by atoms with van der Waals surface area (Å²) >= 11 is 0. The number of rotatable bonds is 5. The third-order valence-electron chi connectivity index (χ3n) is 4.95. The van der Waals surface area contributed by atoms with Crippen LogP contribution in [0.3, 0.4) is 0 Å². The van der Waals surface area contributed by atoms with Gasteiger partial charge in [0, 0.05) is 37.8 Å². The Bertz CT molecular complexity index is 987. The SMILES string of the molecule is O=C(Nc1cc(N2CCOCC2)ncn1)c1ccc(S(=O)(=O)N2CCOCC2)cc1. The maximum Gasteiger partial charge on any atom is 0.256 e. The van der Waals surface area contributed by atoms with Crippen LogP contribution in [0.4, 0.5) is 11.6 Å². The van der Waals surface area contributed by atoms with Crippen LogP contribution in [0, 0.1) is 0 Å². The molecule has 0 radical (unpaired) electrons. The quantitative estimate of drug-likeness (QED) is 0.729. The summed E-state index contributed by atoms with van der Waals surface area (Å²) in [6.45, 7) is 4.12. The van der Waals surface area contributed by atoms with E-state index in [1.807, 2.05) is 0 Å². The molecule has 0 spiro atoms. The predicted molar refractivity (Wildman–Crippen MR) is 109 cm³/mol. The van der Waals surface area contributed by atoms with Crippen molar-refractivity contribution < 1.29 is 22.7 Å². The monoisotopic (exact) mass is 433 g/mol. The van der Waals surface area contributed by atoms with Crippen LogP contribution in [0.15, 0.2) is 41.6 Å². The lowest BCUT2D eigenvalue weighted by atomic mass is 10.2. The molecule has 1 N–H and O–H groups in total. The molecule has 0 saturated carbocycles. The lowest BCUT2D eigenvalue weighted by Gasteiger charge is -2.27. The average Bonchev–Trinajstić information content (AvgIpc) is 2.80. The number of benzene rings is 1. The summed E-state index contributed by atoms with van der Waals surface area (Å²) in [7, 11) is -3.60. The minimum Gasteiger partial charge on any atom is -0.379 e. The van der Waals surface area contributed by atoms with Crippen molar-refractivity contribution in [3.63, 3.8) is 0 Å². The third kappa shape index (κ3) is 4.59. The smallest absolute Gasteiger partial charge is 0.256 e. The molecule has 2 aliphatic heterocycles. The normalized spacial score (nSPS) is 18.2. The Morgan fingerprint density at radius 1 is 0.933 bits per heavy atom. The highest BCUT2D eigenvalue weighted by atomic mass is 32.2. The van der Waals surface area contributed by atoms with Crippen LogP contribution in [-0.2, 0) is 19.5 Å². The standard InChI is InChI=1S/C19H23N5O5S/c25-19(22-17-13-18(21-14-20-17)23-5-9-28-10-6-23)15-1-3-16(4-2-15)30(26,27)24-7-11-29-12-8-24/h1-4,13-14H,5-12H2,(H,20,21,22,25). The summed E-state index contributed by atoms with van der Waals surface area (Å²) < 4.78 is 37.3. The van der Waals surface area contributed by atoms with E-state index in [0.29, 0.717) is 50.9 Å². The molecule has 0 unspecified atom stereocenters. The van der Waals surface area contributed by atoms with Crippen molar-refractivity contribution >= 4 is 27.6 Å². The Balaban J connectivity index is 1.44. The van der Waals surface area contributed by atoms with Crippen molar-refractivity contribution in [2.45, 2.75) is 4.90 Å². The maximum absolute atomic E-state index is 12.7. The summed E-state index contributed by atoms with van der Waals surface area (Å²) in [5.74, 6) is 0.717. The van der Waals surface area contributed by atoms with E-state index in [1.165, 1.54) is 34.9 Å². The Morgan fingerprint density at radius 2 is 1.57 bits per heavy atom. The van der Waals surface area contributed by atoms with Gasteiger partial charge >= 0.3 is 0 Å². The van der Waals surface area contributed by atoms with E-state index in [4.69, 9.17) is 9.47 Å². The van der Waals surface area contributed by atoms with Crippen LogP contribution >= 0.6 is 0 Å². The second kappa shape index (κ2) is 9.04. The highest BCUT2D eigenvalue weighted by molar-refractivity contribution is 7.89. The van der Waals surface area contributed by atoms with E-state index >= 15 is 0 Å². The van der Waals surface area contributed by atoms with Gasteiger partial charge in [-0.05, 0) is 24.3 Å². The molecule has 0 bridgehead atoms. The van der Waals surface area contributed by atoms with Crippen molar-refractivity contribution in [3.8, 4) is 0 Å². The van der Waals surface area contributed by atoms with E-state index in [2.05, 4.69) is 20.2 Å². The van der Waals surface area contributed by atoms with Gasteiger partial charge in [-0.2, -0.15) is 4.31 Å². The second-order valence-corrected chi connectivity index (χ2v) is 8.79. The summed E-state index contributed by atoms with van der Waals surface area (Å²) in [6, 6.07) is 7.58. The molecular formula is C19H23N5O5S. The van der Waals surface area contributed by atoms with Crippen LogP contribution in [0.5, 0.6) is 0 Å². The third-order valence-corrected chi connectivity index (χ3v) is 6.87. The van der Waals surface area contributed by atoms with Crippen LogP contribution in [0.25, 0.3) is 0 Å². The average molecular weight is 433 g/mol. The van der Waals surface area contributed by atoms with Gasteiger partial charge in [0.1, 0.15) is 18.0 Å². The highest BCUT2D eigenvalue weighted by Crippen LogP contribution is 2.19. The number of hydrogen-bond acceptors (Lipinski definition) is 8. The number of morpholine rings is 2. The first kappa shape index (κ1) is 20.7. The number of hydrogen-bond donors (Lipinski definition) is 1. The number of nitrogens with zero attached hydrogens (tertiary/aromatic N) is 4. The zero-order chi connectivity index (χ0) is 21.0. The number of aromatic nitrogens is 2. The van der Waals surface area contributed by atoms with Gasteiger partial charge in [-0.25, -0.2) is 18.4 Å². The van der Waals surface area contributed by atoms with Crippen molar-refractivity contribution in [2.75, 3.05) is 62.8 Å². The fourth-order valence-corrected chi connectivity index (χ4v) is 4.69. The number of carbonyl (C=O) groups is 1. The van der Waals surface area contributed by atoms with Crippen LogP contribution in [0.1, 0.15) is 10.4 Å². The molecule has 1 amide bonds. The van der Waals surface area contributed by atoms with Crippen LogP contribution in [-0.4, -0.2) is 81.2 Å². The van der Waals surface area contributed by atoms with Crippen LogP contribution < -0.4 is 10.2 Å². The van der Waals surface area contributed by atoms with Gasteiger partial charge in [-0.3, -0.25) is 4.79 Å². The lowest BCUT2D eigenvalue weighted by Crippen LogP contribution is -2.40. The molecule has 4 rings (SSSR count). The largest absolute Gasteiger partial charge is 0.379 e. The number of carbonyl (C=O) groups excluding carboxylic acids is 1. The molecule has 0 atom stereocenters. The van der Waals surface area contributed by atoms with Gasteiger partial charge in [-0.1, -0.05) is 0 Å². The molecule has 11 heteroatoms. The van der Waals surface area contributed by atoms with Crippen molar-refractivity contribution in [1.29, 1.82) is 0 Å². The van der Waals surface area contributed by atoms with E-state index in [1.54, 1.807) is 6.07 Å². The molecule has 160 valence electrons. The van der Waals surface area contributed by atoms with Gasteiger partial charge in [0.25, 0.3) is 5.91 Å². The highest BCUT2D eigenvalue weighted by Gasteiger charge is 2.26. The number of amides is 1. The fourth-order valence-electron chi connectivity index (χ4n) is 3.28. The number of anilines is 2. The maximum atomic E-state index is 12.7. The van der Waals surface area contributed by atoms with E-state index in [9.17, 15) is 13.2 Å². The van der Waals surface area contributed by atoms with E-state index in [-0.39, 0.29) is 10.8 Å². The first-order valence-electron chi connectivity index (χ1n) is 9.68. The fraction of sp³-hybridized carbons (Fsp3) is 0.421. The van der Waals surface area contributed by atoms with Gasteiger partial charge in [0.2, 0.25) is 10.0 Å². The lowest BCUT2D eigenvalue weighted by molar-refractivity contribution is 0.0730. The topological polar surface area (TPSA) is 114 Å². The van der Waals surface area contributed by atoms with Crippen molar-refractivity contribution in [2.24, 2.45) is 0 Å².